The summed E-state index contributed by atoms with van der Waals surface area (Å²) in [5, 5.41) is 12.0. The lowest BCUT2D eigenvalue weighted by Crippen LogP contribution is -2.53. The van der Waals surface area contributed by atoms with Crippen LogP contribution < -0.4 is 5.32 Å². The fourth-order valence-electron chi connectivity index (χ4n) is 1.92. The van der Waals surface area contributed by atoms with Crippen LogP contribution in [0.2, 0.25) is 0 Å². The molecule has 1 heterocycles. The van der Waals surface area contributed by atoms with Gasteiger partial charge >= 0.3 is 0 Å². The highest BCUT2D eigenvalue weighted by molar-refractivity contribution is 7.80. The fourth-order valence-corrected chi connectivity index (χ4v) is 2.17. The van der Waals surface area contributed by atoms with Crippen LogP contribution in [-0.4, -0.2) is 33.5 Å². The minimum Gasteiger partial charge on any atom is -0.508 e. The number of phenols is 1. The summed E-state index contributed by atoms with van der Waals surface area (Å²) in [6.45, 7) is 5.52. The maximum atomic E-state index is 12.3. The van der Waals surface area contributed by atoms with Crippen molar-refractivity contribution in [2.45, 2.75) is 6.92 Å². The summed E-state index contributed by atoms with van der Waals surface area (Å²) in [4.78, 5) is 25.5. The fraction of sp³-hybridized carbons (Fsp3) is 0.133. The Hall–Kier alpha value is -2.47. The molecule has 1 aliphatic rings. The van der Waals surface area contributed by atoms with Crippen LogP contribution in [0.15, 0.2) is 36.4 Å². The molecular weight excluding hydrogens is 288 g/mol. The summed E-state index contributed by atoms with van der Waals surface area (Å²) in [7, 11) is 0. The first kappa shape index (κ1) is 14.9. The number of rotatable bonds is 3. The van der Waals surface area contributed by atoms with E-state index in [0.29, 0.717) is 11.1 Å². The highest BCUT2D eigenvalue weighted by Crippen LogP contribution is 2.20. The van der Waals surface area contributed by atoms with Crippen LogP contribution in [0.1, 0.15) is 11.1 Å². The molecule has 1 fully saturated rings. The largest absolute Gasteiger partial charge is 0.508 e. The van der Waals surface area contributed by atoms with Crippen molar-refractivity contribution in [1.82, 2.24) is 10.2 Å². The van der Waals surface area contributed by atoms with Crippen LogP contribution in [-0.2, 0) is 9.59 Å². The third-order valence-corrected chi connectivity index (χ3v) is 3.35. The number of aryl methyl sites for hydroxylation is 1. The van der Waals surface area contributed by atoms with E-state index >= 15 is 0 Å². The molecule has 0 aromatic heterocycles. The van der Waals surface area contributed by atoms with Crippen molar-refractivity contribution in [3.8, 4) is 5.75 Å². The van der Waals surface area contributed by atoms with E-state index in [1.807, 2.05) is 0 Å². The minimum absolute atomic E-state index is 0.00413. The summed E-state index contributed by atoms with van der Waals surface area (Å²) < 4.78 is 0. The molecule has 0 atom stereocenters. The van der Waals surface area contributed by atoms with Crippen molar-refractivity contribution in [3.63, 3.8) is 0 Å². The second kappa shape index (κ2) is 5.88. The highest BCUT2D eigenvalue weighted by Gasteiger charge is 2.32. The van der Waals surface area contributed by atoms with Crippen molar-refractivity contribution in [2.24, 2.45) is 0 Å². The SMILES string of the molecule is C=CCN1C(=O)/C(=C/c2ccc(O)c(C)c2)C(=O)NC1=S. The van der Waals surface area contributed by atoms with Gasteiger partial charge in [0.05, 0.1) is 0 Å². The van der Waals surface area contributed by atoms with Gasteiger partial charge in [-0.1, -0.05) is 12.1 Å². The second-order valence-corrected chi connectivity index (χ2v) is 4.95. The Morgan fingerprint density at radius 3 is 2.76 bits per heavy atom. The molecule has 0 radical (unpaired) electrons. The predicted octanol–water partition coefficient (Wildman–Crippen LogP) is 1.51. The summed E-state index contributed by atoms with van der Waals surface area (Å²) in [5.74, 6) is -0.837. The van der Waals surface area contributed by atoms with E-state index in [1.54, 1.807) is 19.1 Å². The van der Waals surface area contributed by atoms with Crippen molar-refractivity contribution < 1.29 is 14.7 Å². The maximum absolute atomic E-state index is 12.3. The third-order valence-electron chi connectivity index (χ3n) is 3.03. The molecule has 1 saturated heterocycles. The molecule has 1 aromatic rings. The summed E-state index contributed by atoms with van der Waals surface area (Å²) in [6, 6.07) is 4.83. The van der Waals surface area contributed by atoms with Crippen molar-refractivity contribution in [3.05, 3.63) is 47.6 Å². The van der Waals surface area contributed by atoms with E-state index in [9.17, 15) is 14.7 Å². The number of hydrogen-bond acceptors (Lipinski definition) is 4. The van der Waals surface area contributed by atoms with E-state index in [4.69, 9.17) is 12.2 Å². The zero-order valence-electron chi connectivity index (χ0n) is 11.4. The maximum Gasteiger partial charge on any atom is 0.265 e. The molecule has 5 nitrogen and oxygen atoms in total. The molecule has 2 amide bonds. The number of hydrogen-bond donors (Lipinski definition) is 2. The number of nitrogens with one attached hydrogen (secondary N) is 1. The lowest BCUT2D eigenvalue weighted by molar-refractivity contribution is -0.128. The molecule has 21 heavy (non-hydrogen) atoms. The Balaban J connectivity index is 2.40. The molecule has 2 rings (SSSR count). The minimum atomic E-state index is -0.531. The van der Waals surface area contributed by atoms with Crippen LogP contribution >= 0.6 is 12.2 Å². The average Bonchev–Trinajstić information content (AvgIpc) is 2.43. The van der Waals surface area contributed by atoms with Gasteiger partial charge in [0.2, 0.25) is 0 Å². The van der Waals surface area contributed by atoms with Crippen molar-refractivity contribution in [2.75, 3.05) is 6.54 Å². The topological polar surface area (TPSA) is 69.6 Å². The number of nitrogens with zero attached hydrogens (tertiary/aromatic N) is 1. The molecule has 0 aliphatic carbocycles. The van der Waals surface area contributed by atoms with E-state index in [-0.39, 0.29) is 23.0 Å². The molecule has 1 aliphatic heterocycles. The molecule has 0 spiro atoms. The van der Waals surface area contributed by atoms with Gasteiger partial charge in [0.25, 0.3) is 11.8 Å². The molecule has 108 valence electrons. The third kappa shape index (κ3) is 3.00. The van der Waals surface area contributed by atoms with E-state index in [2.05, 4.69) is 11.9 Å². The number of thiocarbonyl (C=S) groups is 1. The standard InChI is InChI=1S/C15H14N2O3S/c1-3-6-17-14(20)11(13(19)16-15(17)21)8-10-4-5-12(18)9(2)7-10/h3-5,7-8,18H,1,6H2,2H3,(H,16,19,21)/b11-8+. The first-order valence-corrected chi connectivity index (χ1v) is 6.64. The molecule has 0 unspecified atom stereocenters. The van der Waals surface area contributed by atoms with Crippen LogP contribution in [0, 0.1) is 6.92 Å². The van der Waals surface area contributed by atoms with Crippen LogP contribution in [0.25, 0.3) is 6.08 Å². The van der Waals surface area contributed by atoms with Crippen molar-refractivity contribution in [1.29, 1.82) is 0 Å². The Labute approximate surface area is 127 Å². The van der Waals surface area contributed by atoms with Gasteiger partial charge in [-0.05, 0) is 48.5 Å². The average molecular weight is 302 g/mol. The molecule has 6 heteroatoms. The number of carbonyl (C=O) groups is 2. The number of aromatic hydroxyl groups is 1. The molecule has 0 saturated carbocycles. The van der Waals surface area contributed by atoms with Crippen LogP contribution in [0.3, 0.4) is 0 Å². The smallest absolute Gasteiger partial charge is 0.265 e. The lowest BCUT2D eigenvalue weighted by atomic mass is 10.1. The summed E-state index contributed by atoms with van der Waals surface area (Å²) in [5.41, 5.74) is 1.30. The molecule has 1 aromatic carbocycles. The van der Waals surface area contributed by atoms with E-state index < -0.39 is 11.8 Å². The van der Waals surface area contributed by atoms with Crippen LogP contribution in [0.4, 0.5) is 0 Å². The van der Waals surface area contributed by atoms with Gasteiger partial charge in [0.1, 0.15) is 11.3 Å². The zero-order valence-corrected chi connectivity index (χ0v) is 12.2. The van der Waals surface area contributed by atoms with Gasteiger partial charge in [0, 0.05) is 6.54 Å². The molecule has 0 bridgehead atoms. The van der Waals surface area contributed by atoms with E-state index in [0.717, 1.165) is 0 Å². The first-order chi connectivity index (χ1) is 9.93. The second-order valence-electron chi connectivity index (χ2n) is 4.57. The summed E-state index contributed by atoms with van der Waals surface area (Å²) in [6.07, 6.45) is 3.01. The number of carbonyl (C=O) groups excluding carboxylic acids is 2. The zero-order chi connectivity index (χ0) is 15.6. The lowest BCUT2D eigenvalue weighted by Gasteiger charge is -2.27. The Bertz CT molecular complexity index is 679. The van der Waals surface area contributed by atoms with Gasteiger partial charge in [-0.2, -0.15) is 0 Å². The molecular formula is C15H14N2O3S. The van der Waals surface area contributed by atoms with Gasteiger partial charge < -0.3 is 5.11 Å². The number of benzene rings is 1. The number of phenolic OH excluding ortho intramolecular Hbond substituents is 1. The van der Waals surface area contributed by atoms with Gasteiger partial charge in [0.15, 0.2) is 5.11 Å². The predicted molar refractivity (Wildman–Crippen MR) is 83.5 cm³/mol. The Kier molecular flexibility index (Phi) is 4.18. The Morgan fingerprint density at radius 1 is 1.43 bits per heavy atom. The highest BCUT2D eigenvalue weighted by atomic mass is 32.1. The normalized spacial score (nSPS) is 17.1. The quantitative estimate of drug-likeness (QED) is 0.384. The summed E-state index contributed by atoms with van der Waals surface area (Å²) >= 11 is 4.97. The Morgan fingerprint density at radius 2 is 2.14 bits per heavy atom. The number of amides is 2. The van der Waals surface area contributed by atoms with E-state index in [1.165, 1.54) is 23.1 Å². The van der Waals surface area contributed by atoms with Gasteiger partial charge in [-0.3, -0.25) is 19.8 Å². The monoisotopic (exact) mass is 302 g/mol. The molecule has 2 N–H and O–H groups in total. The van der Waals surface area contributed by atoms with Crippen LogP contribution in [0.5, 0.6) is 5.75 Å². The van der Waals surface area contributed by atoms with Gasteiger partial charge in [-0.15, -0.1) is 6.58 Å². The van der Waals surface area contributed by atoms with Gasteiger partial charge in [-0.25, -0.2) is 0 Å². The van der Waals surface area contributed by atoms with Crippen molar-refractivity contribution >= 4 is 35.2 Å². The first-order valence-electron chi connectivity index (χ1n) is 6.23.